The van der Waals surface area contributed by atoms with Crippen LogP contribution >= 0.6 is 7.14 Å². The minimum Gasteiger partial charge on any atom is -0.388 e. The summed E-state index contributed by atoms with van der Waals surface area (Å²) in [6, 6.07) is 28.8. The average Bonchev–Trinajstić information content (AvgIpc) is 2.69. The van der Waals surface area contributed by atoms with Gasteiger partial charge in [0.25, 0.3) is 0 Å². The number of hydrogen-bond donors (Lipinski definition) is 1. The lowest BCUT2D eigenvalue weighted by molar-refractivity contribution is 0.128. The fourth-order valence-electron chi connectivity index (χ4n) is 3.18. The Labute approximate surface area is 149 Å². The maximum Gasteiger partial charge on any atom is 0.143 e. The highest BCUT2D eigenvalue weighted by molar-refractivity contribution is 7.78. The molecule has 3 heteroatoms. The number of rotatable bonds is 6. The van der Waals surface area contributed by atoms with Gasteiger partial charge in [0, 0.05) is 16.8 Å². The molecule has 0 spiro atoms. The summed E-state index contributed by atoms with van der Waals surface area (Å²) in [5.74, 6) is -0.131. The Morgan fingerprint density at radius 3 is 1.60 bits per heavy atom. The molecule has 3 aromatic carbocycles. The van der Waals surface area contributed by atoms with Crippen LogP contribution in [-0.2, 0) is 4.57 Å². The molecule has 1 N–H and O–H groups in total. The van der Waals surface area contributed by atoms with Gasteiger partial charge in [0.1, 0.15) is 7.14 Å². The van der Waals surface area contributed by atoms with E-state index in [1.165, 1.54) is 0 Å². The Bertz CT molecular complexity index is 788. The van der Waals surface area contributed by atoms with Crippen molar-refractivity contribution in [1.29, 1.82) is 0 Å². The summed E-state index contributed by atoms with van der Waals surface area (Å²) in [5.41, 5.74) is 0.864. The standard InChI is InChI=1S/C22H23O2P/c1-18(22(23)19-11-5-2-6-12-19)17-25(24,20-13-7-3-8-14-20)21-15-9-4-10-16-21/h2-16,18,22-23H,17H2,1H3/t18-,22+/m1/s1. The summed E-state index contributed by atoms with van der Waals surface area (Å²) < 4.78 is 14.1. The molecule has 2 nitrogen and oxygen atoms in total. The molecule has 0 saturated heterocycles. The minimum absolute atomic E-state index is 0.131. The average molecular weight is 350 g/mol. The first-order chi connectivity index (χ1) is 12.1. The highest BCUT2D eigenvalue weighted by Crippen LogP contribution is 2.47. The molecule has 2 atom stereocenters. The Kier molecular flexibility index (Phi) is 5.53. The van der Waals surface area contributed by atoms with Gasteiger partial charge in [-0.15, -0.1) is 0 Å². The second-order valence-electron chi connectivity index (χ2n) is 6.43. The number of aliphatic hydroxyl groups is 1. The van der Waals surface area contributed by atoms with Crippen molar-refractivity contribution in [3.63, 3.8) is 0 Å². The van der Waals surface area contributed by atoms with Crippen LogP contribution in [0.2, 0.25) is 0 Å². The summed E-state index contributed by atoms with van der Waals surface area (Å²) in [6.07, 6.45) is -0.209. The van der Waals surface area contributed by atoms with E-state index in [0.717, 1.165) is 16.2 Å². The summed E-state index contributed by atoms with van der Waals surface area (Å²) in [5, 5.41) is 12.4. The van der Waals surface area contributed by atoms with Crippen molar-refractivity contribution in [2.45, 2.75) is 13.0 Å². The van der Waals surface area contributed by atoms with Gasteiger partial charge in [-0.3, -0.25) is 0 Å². The third-order valence-electron chi connectivity index (χ3n) is 4.57. The molecule has 0 saturated carbocycles. The molecule has 0 aliphatic heterocycles. The lowest BCUT2D eigenvalue weighted by Gasteiger charge is -2.26. The van der Waals surface area contributed by atoms with Gasteiger partial charge in [0.2, 0.25) is 0 Å². The van der Waals surface area contributed by atoms with E-state index in [4.69, 9.17) is 0 Å². The molecule has 0 aliphatic carbocycles. The molecule has 0 unspecified atom stereocenters. The van der Waals surface area contributed by atoms with Crippen LogP contribution in [0.25, 0.3) is 0 Å². The third-order valence-corrected chi connectivity index (χ3v) is 7.93. The molecule has 0 bridgehead atoms. The van der Waals surface area contributed by atoms with Gasteiger partial charge in [-0.25, -0.2) is 0 Å². The fraction of sp³-hybridized carbons (Fsp3) is 0.182. The molecule has 3 aromatic rings. The Hall–Kier alpha value is -2.15. The van der Waals surface area contributed by atoms with Crippen LogP contribution in [0.3, 0.4) is 0 Å². The summed E-state index contributed by atoms with van der Waals surface area (Å²) >= 11 is 0. The van der Waals surface area contributed by atoms with Crippen LogP contribution < -0.4 is 10.6 Å². The number of aliphatic hydroxyl groups excluding tert-OH is 1. The van der Waals surface area contributed by atoms with Crippen molar-refractivity contribution in [3.05, 3.63) is 96.6 Å². The van der Waals surface area contributed by atoms with E-state index in [-0.39, 0.29) is 5.92 Å². The highest BCUT2D eigenvalue weighted by atomic mass is 31.2. The van der Waals surface area contributed by atoms with Gasteiger partial charge in [-0.2, -0.15) is 0 Å². The zero-order valence-corrected chi connectivity index (χ0v) is 15.2. The van der Waals surface area contributed by atoms with Crippen molar-refractivity contribution >= 4 is 17.8 Å². The van der Waals surface area contributed by atoms with Crippen molar-refractivity contribution < 1.29 is 9.67 Å². The van der Waals surface area contributed by atoms with Crippen LogP contribution in [-0.4, -0.2) is 11.3 Å². The van der Waals surface area contributed by atoms with E-state index in [1.54, 1.807) is 0 Å². The van der Waals surface area contributed by atoms with Crippen molar-refractivity contribution in [3.8, 4) is 0 Å². The summed E-state index contributed by atoms with van der Waals surface area (Å²) in [6.45, 7) is 1.97. The van der Waals surface area contributed by atoms with Crippen molar-refractivity contribution in [1.82, 2.24) is 0 Å². The van der Waals surface area contributed by atoms with Crippen LogP contribution in [0, 0.1) is 5.92 Å². The summed E-state index contributed by atoms with van der Waals surface area (Å²) in [4.78, 5) is 0. The Morgan fingerprint density at radius 2 is 1.16 bits per heavy atom. The van der Waals surface area contributed by atoms with Gasteiger partial charge in [0.15, 0.2) is 0 Å². The first-order valence-electron chi connectivity index (χ1n) is 8.54. The smallest absolute Gasteiger partial charge is 0.143 e. The van der Waals surface area contributed by atoms with E-state index < -0.39 is 13.2 Å². The second kappa shape index (κ2) is 7.82. The molecule has 0 heterocycles. The van der Waals surface area contributed by atoms with Gasteiger partial charge < -0.3 is 9.67 Å². The Morgan fingerprint density at radius 1 is 0.760 bits per heavy atom. The maximum absolute atomic E-state index is 14.1. The van der Waals surface area contributed by atoms with E-state index >= 15 is 0 Å². The monoisotopic (exact) mass is 350 g/mol. The van der Waals surface area contributed by atoms with Gasteiger partial charge in [-0.05, 0) is 11.5 Å². The third kappa shape index (κ3) is 3.92. The predicted octanol–water partition coefficient (Wildman–Crippen LogP) is 4.37. The van der Waals surface area contributed by atoms with Gasteiger partial charge in [-0.1, -0.05) is 97.9 Å². The van der Waals surface area contributed by atoms with E-state index in [1.807, 2.05) is 97.9 Å². The molecular formula is C22H23O2P. The molecular weight excluding hydrogens is 327 g/mol. The van der Waals surface area contributed by atoms with E-state index in [9.17, 15) is 9.67 Å². The first-order valence-corrected chi connectivity index (χ1v) is 10.4. The predicted molar refractivity (Wildman–Crippen MR) is 105 cm³/mol. The van der Waals surface area contributed by atoms with Crippen molar-refractivity contribution in [2.75, 3.05) is 6.16 Å². The lowest BCUT2D eigenvalue weighted by Crippen LogP contribution is -2.24. The first kappa shape index (κ1) is 17.7. The van der Waals surface area contributed by atoms with Crippen LogP contribution in [0.5, 0.6) is 0 Å². The molecule has 0 fully saturated rings. The van der Waals surface area contributed by atoms with Crippen molar-refractivity contribution in [2.24, 2.45) is 5.92 Å². The topological polar surface area (TPSA) is 37.3 Å². The second-order valence-corrected chi connectivity index (χ2v) is 9.30. The van der Waals surface area contributed by atoms with Crippen LogP contribution in [0.1, 0.15) is 18.6 Å². The van der Waals surface area contributed by atoms with Gasteiger partial charge in [0.05, 0.1) is 6.10 Å². The van der Waals surface area contributed by atoms with Gasteiger partial charge >= 0.3 is 0 Å². The maximum atomic E-state index is 14.1. The molecule has 0 radical (unpaired) electrons. The van der Waals surface area contributed by atoms with Crippen LogP contribution in [0.4, 0.5) is 0 Å². The molecule has 0 amide bonds. The SMILES string of the molecule is C[C@H](CP(=O)(c1ccccc1)c1ccccc1)[C@H](O)c1ccccc1. The van der Waals surface area contributed by atoms with Crippen LogP contribution in [0.15, 0.2) is 91.0 Å². The lowest BCUT2D eigenvalue weighted by atomic mass is 9.99. The number of benzene rings is 3. The molecule has 128 valence electrons. The quantitative estimate of drug-likeness (QED) is 0.670. The fourth-order valence-corrected chi connectivity index (χ4v) is 6.22. The number of hydrogen-bond acceptors (Lipinski definition) is 2. The zero-order chi connectivity index (χ0) is 17.7. The Balaban J connectivity index is 1.95. The van der Waals surface area contributed by atoms with E-state index in [0.29, 0.717) is 6.16 Å². The largest absolute Gasteiger partial charge is 0.388 e. The van der Waals surface area contributed by atoms with E-state index in [2.05, 4.69) is 0 Å². The molecule has 3 rings (SSSR count). The normalized spacial score (nSPS) is 14.0. The summed E-state index contributed by atoms with van der Waals surface area (Å²) in [7, 11) is -2.81. The minimum atomic E-state index is -2.81. The molecule has 0 aliphatic rings. The molecule has 25 heavy (non-hydrogen) atoms. The highest BCUT2D eigenvalue weighted by Gasteiger charge is 2.31. The molecule has 0 aromatic heterocycles. The zero-order valence-electron chi connectivity index (χ0n) is 14.3.